The van der Waals surface area contributed by atoms with Gasteiger partial charge in [0.25, 0.3) is 0 Å². The van der Waals surface area contributed by atoms with Gasteiger partial charge in [0, 0.05) is 0 Å². The molecule has 0 saturated carbocycles. The Morgan fingerprint density at radius 2 is 0.706 bits per heavy atom. The fraction of sp³-hybridized carbons (Fsp3) is 0.490. The Kier molecular flexibility index (Phi) is 18.6. The van der Waals surface area contributed by atoms with Crippen LogP contribution in [0.4, 0.5) is 0 Å². The molecule has 0 radical (unpaired) electrons. The largest absolute Gasteiger partial charge is 0.394 e. The molecule has 4 fully saturated rings. The molecule has 0 spiro atoms. The predicted molar refractivity (Wildman–Crippen MR) is 240 cm³/mol. The minimum absolute atomic E-state index is 0.0404. The van der Waals surface area contributed by atoms with Gasteiger partial charge in [0.15, 0.2) is 25.2 Å². The first-order chi connectivity index (χ1) is 33.3. The second-order valence-electron chi connectivity index (χ2n) is 17.0. The Bertz CT molecular complexity index is 2060. The maximum absolute atomic E-state index is 11.1. The summed E-state index contributed by atoms with van der Waals surface area (Å²) in [6, 6.07) is 38.9. The summed E-state index contributed by atoms with van der Waals surface area (Å²) in [4.78, 5) is 0. The lowest BCUT2D eigenvalue weighted by molar-refractivity contribution is -0.227. The first kappa shape index (κ1) is 50.3. The van der Waals surface area contributed by atoms with Crippen molar-refractivity contribution in [2.75, 3.05) is 33.0 Å². The average Bonchev–Trinajstić information content (AvgIpc) is 4.07. The summed E-state index contributed by atoms with van der Waals surface area (Å²) in [7, 11) is 0. The summed E-state index contributed by atoms with van der Waals surface area (Å²) >= 11 is 0. The van der Waals surface area contributed by atoms with Crippen LogP contribution >= 0.6 is 0 Å². The van der Waals surface area contributed by atoms with Gasteiger partial charge in [-0.15, -0.1) is 6.58 Å². The van der Waals surface area contributed by atoms with Crippen LogP contribution in [-0.4, -0.2) is 157 Å². The van der Waals surface area contributed by atoms with Crippen LogP contribution in [0.25, 0.3) is 0 Å². The van der Waals surface area contributed by atoms with E-state index in [1.165, 1.54) is 0 Å². The van der Waals surface area contributed by atoms with Gasteiger partial charge in [-0.05, 0) is 22.3 Å². The zero-order valence-corrected chi connectivity index (χ0v) is 37.6. The number of rotatable bonds is 25. The van der Waals surface area contributed by atoms with E-state index in [1.54, 1.807) is 6.08 Å². The number of ether oxygens (including phenoxy) is 12. The minimum Gasteiger partial charge on any atom is -0.394 e. The third kappa shape index (κ3) is 13.0. The van der Waals surface area contributed by atoms with Crippen LogP contribution in [0.2, 0.25) is 0 Å². The molecule has 0 aromatic heterocycles. The van der Waals surface area contributed by atoms with Crippen molar-refractivity contribution in [1.82, 2.24) is 0 Å². The quantitative estimate of drug-likeness (QED) is 0.0605. The smallest absolute Gasteiger partial charge is 0.187 e. The highest BCUT2D eigenvalue weighted by molar-refractivity contribution is 5.16. The second kappa shape index (κ2) is 25.2. The highest BCUT2D eigenvalue weighted by Crippen LogP contribution is 2.35. The van der Waals surface area contributed by atoms with Gasteiger partial charge in [0.1, 0.15) is 73.2 Å². The summed E-state index contributed by atoms with van der Waals surface area (Å²) in [6.07, 6.45) is -15.3. The zero-order chi connectivity index (χ0) is 47.2. The van der Waals surface area contributed by atoms with E-state index >= 15 is 0 Å². The van der Waals surface area contributed by atoms with E-state index in [9.17, 15) is 25.5 Å². The van der Waals surface area contributed by atoms with E-state index in [1.807, 2.05) is 121 Å². The number of aliphatic hydroxyl groups is 5. The van der Waals surface area contributed by atoms with Crippen molar-refractivity contribution >= 4 is 0 Å². The molecule has 5 N–H and O–H groups in total. The first-order valence-corrected chi connectivity index (χ1v) is 22.9. The van der Waals surface area contributed by atoms with Gasteiger partial charge in [-0.1, -0.05) is 127 Å². The monoisotopic (exact) mass is 946 g/mol. The van der Waals surface area contributed by atoms with Gasteiger partial charge in [-0.25, -0.2) is 0 Å². The molecule has 16 atom stereocenters. The van der Waals surface area contributed by atoms with Crippen molar-refractivity contribution in [2.24, 2.45) is 0 Å². The molecule has 4 aromatic rings. The molecular weight excluding hydrogens is 885 g/mol. The molecule has 4 aromatic carbocycles. The van der Waals surface area contributed by atoms with Crippen molar-refractivity contribution < 1.29 is 82.4 Å². The maximum Gasteiger partial charge on any atom is 0.187 e. The molecule has 0 amide bonds. The fourth-order valence-electron chi connectivity index (χ4n) is 8.47. The van der Waals surface area contributed by atoms with Crippen molar-refractivity contribution in [3.05, 3.63) is 156 Å². The van der Waals surface area contributed by atoms with E-state index in [-0.39, 0.29) is 52.9 Å². The minimum atomic E-state index is -1.50. The molecule has 17 heteroatoms. The van der Waals surface area contributed by atoms with Crippen LogP contribution in [0.15, 0.2) is 134 Å². The van der Waals surface area contributed by atoms with Crippen LogP contribution < -0.4 is 0 Å². The number of hydrogen-bond acceptors (Lipinski definition) is 17. The van der Waals surface area contributed by atoms with Crippen LogP contribution in [0, 0.1) is 0 Å². The van der Waals surface area contributed by atoms with Gasteiger partial charge in [-0.3, -0.25) is 0 Å². The number of aliphatic hydroxyl groups excluding tert-OH is 5. The van der Waals surface area contributed by atoms with Gasteiger partial charge in [0.2, 0.25) is 0 Å². The Labute approximate surface area is 395 Å². The van der Waals surface area contributed by atoms with Gasteiger partial charge < -0.3 is 82.4 Å². The molecule has 4 saturated heterocycles. The SMILES string of the molecule is C=CCO[C@@H]1O[C@@H](CO[C@@H]2O[C@@H](CO[C@@H]3O[C@@H](CO[C@@H]4O[C@@H](CO)[C@H](O)[C@H]4O)[C@H](O)[C@H]3O)[C@H](OCc3ccccc3)[C@H]2OCc2ccccc2)[C@H](OCc2ccccc2)[C@H]1OCc1ccccc1. The first-order valence-electron chi connectivity index (χ1n) is 22.9. The maximum atomic E-state index is 11.1. The van der Waals surface area contributed by atoms with Crippen LogP contribution in [0.3, 0.4) is 0 Å². The zero-order valence-electron chi connectivity index (χ0n) is 37.6. The normalized spacial score (nSPS) is 33.6. The highest BCUT2D eigenvalue weighted by Gasteiger charge is 2.52. The molecule has 0 bridgehead atoms. The lowest BCUT2D eigenvalue weighted by Gasteiger charge is -2.27. The highest BCUT2D eigenvalue weighted by atomic mass is 16.8. The summed E-state index contributed by atoms with van der Waals surface area (Å²) in [5.41, 5.74) is 3.73. The van der Waals surface area contributed by atoms with Crippen LogP contribution in [-0.2, 0) is 83.3 Å². The molecular formula is C51H62O17. The Hall–Kier alpha value is -4.06. The van der Waals surface area contributed by atoms with Crippen LogP contribution in [0.5, 0.6) is 0 Å². The summed E-state index contributed by atoms with van der Waals surface area (Å²) in [5, 5.41) is 51.9. The van der Waals surface area contributed by atoms with E-state index in [0.29, 0.717) is 0 Å². The lowest BCUT2D eigenvalue weighted by Crippen LogP contribution is -2.42. The molecule has 4 aliphatic heterocycles. The molecule has 4 aliphatic rings. The Morgan fingerprint density at radius 3 is 1.09 bits per heavy atom. The van der Waals surface area contributed by atoms with Crippen LogP contribution in [0.1, 0.15) is 22.3 Å². The molecule has 4 heterocycles. The standard InChI is InChI=1S/C51H62O17/c1-2-23-57-50-46(60-27-34-19-11-5-12-20-34)44(58-25-32-15-7-3-8-16-32)39(67-50)31-64-51-47(61-28-35-21-13-6-14-22-35)45(59-26-33-17-9-4-10-18-33)38(68-51)30-63-49-43(56)41(54)37(66-49)29-62-48-42(55)40(53)36(24-52)65-48/h2-22,36-56H,1,23-31H2/t36-,37-,38-,39-,40-,41-,42+,43+,44-,45-,46+,47+,48+,49+,50+,51+/m0/s1. The lowest BCUT2D eigenvalue weighted by atomic mass is 10.1. The van der Waals surface area contributed by atoms with Crippen molar-refractivity contribution in [3.63, 3.8) is 0 Å². The van der Waals surface area contributed by atoms with Crippen molar-refractivity contribution in [2.45, 2.75) is 125 Å². The molecule has 0 aliphatic carbocycles. The molecule has 0 unspecified atom stereocenters. The van der Waals surface area contributed by atoms with Gasteiger partial charge in [0.05, 0.1) is 59.5 Å². The molecule has 368 valence electrons. The summed E-state index contributed by atoms with van der Waals surface area (Å²) in [6.45, 7) is 3.85. The summed E-state index contributed by atoms with van der Waals surface area (Å²) in [5.74, 6) is 0. The predicted octanol–water partition coefficient (Wildman–Crippen LogP) is 2.92. The third-order valence-electron chi connectivity index (χ3n) is 12.1. The topological polar surface area (TPSA) is 212 Å². The van der Waals surface area contributed by atoms with E-state index in [0.717, 1.165) is 22.3 Å². The van der Waals surface area contributed by atoms with E-state index < -0.39 is 105 Å². The Balaban J connectivity index is 0.997. The number of benzene rings is 4. The van der Waals surface area contributed by atoms with E-state index in [4.69, 9.17) is 56.8 Å². The molecule has 17 nitrogen and oxygen atoms in total. The van der Waals surface area contributed by atoms with E-state index in [2.05, 4.69) is 6.58 Å². The molecule has 68 heavy (non-hydrogen) atoms. The number of hydrogen-bond donors (Lipinski definition) is 5. The molecule has 8 rings (SSSR count). The van der Waals surface area contributed by atoms with Crippen molar-refractivity contribution in [3.8, 4) is 0 Å². The van der Waals surface area contributed by atoms with Gasteiger partial charge in [-0.2, -0.15) is 0 Å². The Morgan fingerprint density at radius 1 is 0.382 bits per heavy atom. The summed E-state index contributed by atoms with van der Waals surface area (Å²) < 4.78 is 75.4. The van der Waals surface area contributed by atoms with Gasteiger partial charge >= 0.3 is 0 Å². The average molecular weight is 947 g/mol. The fourth-order valence-corrected chi connectivity index (χ4v) is 8.47. The second-order valence-corrected chi connectivity index (χ2v) is 17.0. The third-order valence-corrected chi connectivity index (χ3v) is 12.1. The van der Waals surface area contributed by atoms with Crippen molar-refractivity contribution in [1.29, 1.82) is 0 Å².